The maximum atomic E-state index is 6.16. The highest BCUT2D eigenvalue weighted by Crippen LogP contribution is 2.20. The summed E-state index contributed by atoms with van der Waals surface area (Å²) in [6, 6.07) is 6.87. The maximum absolute atomic E-state index is 6.16. The van der Waals surface area contributed by atoms with E-state index in [2.05, 4.69) is 64.4 Å². The van der Waals surface area contributed by atoms with E-state index in [1.165, 1.54) is 42.4 Å². The average molecular weight is 353 g/mol. The molecule has 0 N–H and O–H groups in total. The van der Waals surface area contributed by atoms with Crippen LogP contribution in [0.15, 0.2) is 18.2 Å². The molecule has 0 atom stereocenters. The lowest BCUT2D eigenvalue weighted by Crippen LogP contribution is -2.26. The van der Waals surface area contributed by atoms with Crippen molar-refractivity contribution in [2.75, 3.05) is 0 Å². The molecule has 0 aliphatic carbocycles. The minimum absolute atomic E-state index is 0.718. The van der Waals surface area contributed by atoms with Crippen LogP contribution in [0.25, 0.3) is 0 Å². The van der Waals surface area contributed by atoms with E-state index in [1.807, 2.05) is 0 Å². The summed E-state index contributed by atoms with van der Waals surface area (Å²) < 4.78 is 12.3. The summed E-state index contributed by atoms with van der Waals surface area (Å²) in [6.07, 6.45) is 5.02. The van der Waals surface area contributed by atoms with Gasteiger partial charge in [-0.2, -0.15) is 0 Å². The first kappa shape index (κ1) is 20.6. The molecule has 0 aliphatic rings. The van der Waals surface area contributed by atoms with Gasteiger partial charge in [-0.05, 0) is 68.8 Å². The molecule has 4 heteroatoms. The Morgan fingerprint density at radius 2 is 1.35 bits per heavy atom. The van der Waals surface area contributed by atoms with Crippen LogP contribution >= 0.6 is 0 Å². The highest BCUT2D eigenvalue weighted by Gasteiger charge is 2.18. The Balaban J connectivity index is 2.84. The molecule has 0 fully saturated rings. The third-order valence-electron chi connectivity index (χ3n) is 3.66. The standard InChI is InChI=1S/C19H36O2Si2/c1-8-9-10-11-17-12-13-18(15-20-22(2,3)4)19(14-17)16-21-23(5,6)7/h12-14H,8-11,15-16H2,1-7H3. The van der Waals surface area contributed by atoms with Crippen molar-refractivity contribution < 1.29 is 8.85 Å². The van der Waals surface area contributed by atoms with Gasteiger partial charge in [0.05, 0.1) is 13.2 Å². The van der Waals surface area contributed by atoms with E-state index >= 15 is 0 Å². The van der Waals surface area contributed by atoms with Gasteiger partial charge in [0.15, 0.2) is 16.6 Å². The minimum Gasteiger partial charge on any atom is -0.413 e. The lowest BCUT2D eigenvalue weighted by atomic mass is 10.0. The number of rotatable bonds is 10. The second kappa shape index (κ2) is 9.16. The number of benzene rings is 1. The summed E-state index contributed by atoms with van der Waals surface area (Å²) in [6.45, 7) is 17.2. The van der Waals surface area contributed by atoms with Crippen LogP contribution in [0.4, 0.5) is 0 Å². The number of hydrogen-bond donors (Lipinski definition) is 0. The maximum Gasteiger partial charge on any atom is 0.184 e. The Labute approximate surface area is 145 Å². The molecular formula is C19H36O2Si2. The fourth-order valence-electron chi connectivity index (χ4n) is 2.28. The van der Waals surface area contributed by atoms with Crippen LogP contribution < -0.4 is 0 Å². The van der Waals surface area contributed by atoms with Crippen molar-refractivity contribution in [1.82, 2.24) is 0 Å². The molecule has 0 heterocycles. The van der Waals surface area contributed by atoms with Crippen molar-refractivity contribution in [2.45, 2.75) is 85.1 Å². The van der Waals surface area contributed by atoms with E-state index in [1.54, 1.807) is 0 Å². The zero-order valence-electron chi connectivity index (χ0n) is 16.3. The van der Waals surface area contributed by atoms with E-state index in [9.17, 15) is 0 Å². The molecule has 0 spiro atoms. The molecule has 0 saturated heterocycles. The van der Waals surface area contributed by atoms with Gasteiger partial charge >= 0.3 is 0 Å². The Bertz CT molecular complexity index is 473. The third-order valence-corrected chi connectivity index (χ3v) is 5.68. The summed E-state index contributed by atoms with van der Waals surface area (Å²) >= 11 is 0. The fourth-order valence-corrected chi connectivity index (χ4v) is 3.45. The number of aryl methyl sites for hydroxylation is 1. The lowest BCUT2D eigenvalue weighted by molar-refractivity contribution is 0.278. The van der Waals surface area contributed by atoms with Crippen molar-refractivity contribution in [3.8, 4) is 0 Å². The first-order valence-corrected chi connectivity index (χ1v) is 15.8. The van der Waals surface area contributed by atoms with Crippen LogP contribution in [-0.4, -0.2) is 16.6 Å². The minimum atomic E-state index is -1.50. The van der Waals surface area contributed by atoms with Gasteiger partial charge in [-0.15, -0.1) is 0 Å². The topological polar surface area (TPSA) is 18.5 Å². The highest BCUT2D eigenvalue weighted by atomic mass is 28.4. The van der Waals surface area contributed by atoms with Gasteiger partial charge in [-0.25, -0.2) is 0 Å². The van der Waals surface area contributed by atoms with Gasteiger partial charge < -0.3 is 8.85 Å². The van der Waals surface area contributed by atoms with Gasteiger partial charge in [-0.3, -0.25) is 0 Å². The zero-order chi connectivity index (χ0) is 17.5. The SMILES string of the molecule is CCCCCc1ccc(CO[Si](C)(C)C)c(CO[Si](C)(C)C)c1. The lowest BCUT2D eigenvalue weighted by Gasteiger charge is -2.22. The molecule has 0 bridgehead atoms. The molecule has 1 aromatic carbocycles. The van der Waals surface area contributed by atoms with Gasteiger partial charge in [0.25, 0.3) is 0 Å². The molecule has 1 rings (SSSR count). The molecule has 0 aliphatic heterocycles. The van der Waals surface area contributed by atoms with Crippen LogP contribution in [0.3, 0.4) is 0 Å². The second-order valence-electron chi connectivity index (χ2n) is 8.36. The monoisotopic (exact) mass is 352 g/mol. The van der Waals surface area contributed by atoms with Crippen molar-refractivity contribution in [3.63, 3.8) is 0 Å². The molecule has 1 aromatic rings. The van der Waals surface area contributed by atoms with E-state index in [0.29, 0.717) is 0 Å². The zero-order valence-corrected chi connectivity index (χ0v) is 18.3. The predicted octanol–water partition coefficient (Wildman–Crippen LogP) is 6.12. The summed E-state index contributed by atoms with van der Waals surface area (Å²) in [7, 11) is -3.00. The van der Waals surface area contributed by atoms with Crippen LogP contribution in [0.1, 0.15) is 42.9 Å². The normalized spacial score (nSPS) is 12.7. The molecule has 132 valence electrons. The van der Waals surface area contributed by atoms with Crippen molar-refractivity contribution >= 4 is 16.6 Å². The van der Waals surface area contributed by atoms with Crippen LogP contribution in [0.2, 0.25) is 39.3 Å². The quantitative estimate of drug-likeness (QED) is 0.373. The summed E-state index contributed by atoms with van der Waals surface area (Å²) in [4.78, 5) is 0. The van der Waals surface area contributed by atoms with Gasteiger partial charge in [0, 0.05) is 0 Å². The summed E-state index contributed by atoms with van der Waals surface area (Å²) in [5.74, 6) is 0. The van der Waals surface area contributed by atoms with E-state index in [-0.39, 0.29) is 0 Å². The van der Waals surface area contributed by atoms with Crippen LogP contribution in [-0.2, 0) is 28.5 Å². The Hall–Kier alpha value is -0.426. The Morgan fingerprint density at radius 1 is 0.783 bits per heavy atom. The second-order valence-corrected chi connectivity index (χ2v) is 17.4. The molecule has 2 nitrogen and oxygen atoms in total. The highest BCUT2D eigenvalue weighted by molar-refractivity contribution is 6.70. The van der Waals surface area contributed by atoms with Crippen LogP contribution in [0, 0.1) is 0 Å². The van der Waals surface area contributed by atoms with E-state index in [0.717, 1.165) is 13.2 Å². The van der Waals surface area contributed by atoms with Gasteiger partial charge in [0.2, 0.25) is 0 Å². The molecule has 0 saturated carbocycles. The predicted molar refractivity (Wildman–Crippen MR) is 106 cm³/mol. The first-order chi connectivity index (χ1) is 10.6. The summed E-state index contributed by atoms with van der Waals surface area (Å²) in [5.41, 5.74) is 4.05. The third kappa shape index (κ3) is 9.45. The Kier molecular flexibility index (Phi) is 8.21. The largest absolute Gasteiger partial charge is 0.413 e. The number of unbranched alkanes of at least 4 members (excludes halogenated alkanes) is 2. The van der Waals surface area contributed by atoms with Gasteiger partial charge in [0.1, 0.15) is 0 Å². The molecule has 0 aromatic heterocycles. The van der Waals surface area contributed by atoms with Crippen molar-refractivity contribution in [1.29, 1.82) is 0 Å². The smallest absolute Gasteiger partial charge is 0.184 e. The average Bonchev–Trinajstić information content (AvgIpc) is 2.42. The van der Waals surface area contributed by atoms with E-state index in [4.69, 9.17) is 8.85 Å². The van der Waals surface area contributed by atoms with Gasteiger partial charge in [-0.1, -0.05) is 38.0 Å². The number of hydrogen-bond acceptors (Lipinski definition) is 2. The summed E-state index contributed by atoms with van der Waals surface area (Å²) in [5, 5.41) is 0. The van der Waals surface area contributed by atoms with Crippen LogP contribution in [0.5, 0.6) is 0 Å². The van der Waals surface area contributed by atoms with E-state index < -0.39 is 16.6 Å². The molecule has 0 unspecified atom stereocenters. The Morgan fingerprint density at radius 3 is 1.87 bits per heavy atom. The first-order valence-electron chi connectivity index (χ1n) is 8.99. The molecule has 0 radical (unpaired) electrons. The van der Waals surface area contributed by atoms with Crippen molar-refractivity contribution in [3.05, 3.63) is 34.9 Å². The fraction of sp³-hybridized carbons (Fsp3) is 0.684. The molecular weight excluding hydrogens is 316 g/mol. The molecule has 23 heavy (non-hydrogen) atoms. The van der Waals surface area contributed by atoms with Crippen molar-refractivity contribution in [2.24, 2.45) is 0 Å². The molecule has 0 amide bonds.